The summed E-state index contributed by atoms with van der Waals surface area (Å²) in [6.07, 6.45) is 4.09. The van der Waals surface area contributed by atoms with Gasteiger partial charge in [-0.3, -0.25) is 9.72 Å². The molecular weight excluding hydrogens is 290 g/mol. The molecule has 2 aromatic rings. The van der Waals surface area contributed by atoms with Crippen molar-refractivity contribution < 1.29 is 4.79 Å². The van der Waals surface area contributed by atoms with Crippen LogP contribution in [-0.2, 0) is 0 Å². The number of likely N-dealkylation sites (tertiary alicyclic amines) is 1. The van der Waals surface area contributed by atoms with Gasteiger partial charge in [-0.25, -0.2) is 9.78 Å². The average Bonchev–Trinajstić information content (AvgIpc) is 2.99. The highest BCUT2D eigenvalue weighted by Gasteiger charge is 2.51. The van der Waals surface area contributed by atoms with Crippen LogP contribution in [-0.4, -0.2) is 38.9 Å². The lowest BCUT2D eigenvalue weighted by molar-refractivity contribution is 0.188. The second-order valence-electron chi connectivity index (χ2n) is 7.21. The Kier molecular flexibility index (Phi) is 3.13. The van der Waals surface area contributed by atoms with Gasteiger partial charge in [0.05, 0.1) is 5.69 Å². The number of carbonyl (C=O) groups excluding carboxylic acids is 1. The lowest BCUT2D eigenvalue weighted by Crippen LogP contribution is -2.54. The van der Waals surface area contributed by atoms with Crippen LogP contribution < -0.4 is 11.1 Å². The molecule has 0 bridgehead atoms. The number of nitrogens with one attached hydrogen (secondary N) is 1. The van der Waals surface area contributed by atoms with Crippen LogP contribution in [0.2, 0.25) is 0 Å². The molecule has 2 aliphatic rings. The number of pyridine rings is 1. The number of anilines is 1. The van der Waals surface area contributed by atoms with Gasteiger partial charge in [-0.15, -0.1) is 0 Å². The summed E-state index contributed by atoms with van der Waals surface area (Å²) < 4.78 is 1.94. The van der Waals surface area contributed by atoms with E-state index in [2.05, 4.69) is 24.1 Å². The topological polar surface area (TPSA) is 75.7 Å². The zero-order valence-electron chi connectivity index (χ0n) is 13.6. The minimum atomic E-state index is -0.155. The first-order chi connectivity index (χ1) is 11.0. The van der Waals surface area contributed by atoms with E-state index >= 15 is 0 Å². The molecule has 0 unspecified atom stereocenters. The van der Waals surface area contributed by atoms with Crippen molar-refractivity contribution in [2.75, 3.05) is 18.4 Å². The Morgan fingerprint density at radius 2 is 2.30 bits per heavy atom. The van der Waals surface area contributed by atoms with Crippen molar-refractivity contribution in [1.29, 1.82) is 0 Å². The summed E-state index contributed by atoms with van der Waals surface area (Å²) in [4.78, 5) is 19.2. The fraction of sp³-hybridized carbons (Fsp3) is 0.529. The first kappa shape index (κ1) is 14.5. The Balaban J connectivity index is 1.62. The van der Waals surface area contributed by atoms with Gasteiger partial charge in [0.1, 0.15) is 11.5 Å². The summed E-state index contributed by atoms with van der Waals surface area (Å²) in [5.41, 5.74) is 7.95. The van der Waals surface area contributed by atoms with Gasteiger partial charge < -0.3 is 10.6 Å². The molecule has 0 radical (unpaired) electrons. The Bertz CT molecular complexity index is 767. The molecule has 4 rings (SSSR count). The van der Waals surface area contributed by atoms with Crippen molar-refractivity contribution in [3.63, 3.8) is 0 Å². The highest BCUT2D eigenvalue weighted by atomic mass is 16.2. The lowest BCUT2D eigenvalue weighted by Gasteiger charge is -2.39. The fourth-order valence-corrected chi connectivity index (χ4v) is 3.76. The van der Waals surface area contributed by atoms with Crippen molar-refractivity contribution in [2.24, 2.45) is 11.7 Å². The van der Waals surface area contributed by atoms with Gasteiger partial charge in [-0.2, -0.15) is 0 Å². The number of imidazole rings is 1. The summed E-state index contributed by atoms with van der Waals surface area (Å²) in [5.74, 6) is 1.46. The molecule has 23 heavy (non-hydrogen) atoms. The third-order valence-electron chi connectivity index (χ3n) is 5.31. The Hall–Kier alpha value is -2.08. The van der Waals surface area contributed by atoms with E-state index in [4.69, 9.17) is 5.73 Å². The number of nitrogens with two attached hydrogens (primary N) is 1. The quantitative estimate of drug-likeness (QED) is 0.894. The van der Waals surface area contributed by atoms with Crippen LogP contribution in [0.25, 0.3) is 5.65 Å². The molecule has 3 heterocycles. The highest BCUT2D eigenvalue weighted by Crippen LogP contribution is 2.42. The maximum absolute atomic E-state index is 12.7. The maximum atomic E-state index is 12.7. The number of carbonyl (C=O) groups is 1. The van der Waals surface area contributed by atoms with E-state index < -0.39 is 0 Å². The van der Waals surface area contributed by atoms with Crippen LogP contribution in [0.5, 0.6) is 0 Å². The number of nitrogens with zero attached hydrogens (tertiary/aromatic N) is 3. The van der Waals surface area contributed by atoms with Crippen molar-refractivity contribution in [3.8, 4) is 0 Å². The highest BCUT2D eigenvalue weighted by molar-refractivity contribution is 5.90. The first-order valence-electron chi connectivity index (χ1n) is 8.30. The Morgan fingerprint density at radius 3 is 2.91 bits per heavy atom. The molecule has 2 atom stereocenters. The van der Waals surface area contributed by atoms with Gasteiger partial charge in [0.15, 0.2) is 0 Å². The van der Waals surface area contributed by atoms with E-state index in [0.29, 0.717) is 12.5 Å². The molecule has 6 heteroatoms. The number of fused-ring (bicyclic) bond motifs is 2. The molecular formula is C17H23N5O. The van der Waals surface area contributed by atoms with E-state index in [0.717, 1.165) is 36.5 Å². The zero-order valence-corrected chi connectivity index (χ0v) is 13.6. The van der Waals surface area contributed by atoms with Gasteiger partial charge in [0.2, 0.25) is 0 Å². The van der Waals surface area contributed by atoms with Crippen molar-refractivity contribution in [1.82, 2.24) is 14.3 Å². The largest absolute Gasteiger partial charge is 0.323 e. The number of hydrogen-bond donors (Lipinski definition) is 2. The number of urea groups is 1. The minimum absolute atomic E-state index is 0.0724. The number of amides is 2. The molecule has 1 aliphatic heterocycles. The summed E-state index contributed by atoms with van der Waals surface area (Å²) in [7, 11) is 0. The SMILES string of the molecule is CC(C)c1nc2ccccn2c1NC(=O)N1C[C@@H]2CC[C@]2(N)C1. The molecule has 1 aliphatic carbocycles. The van der Waals surface area contributed by atoms with Crippen LogP contribution in [0.1, 0.15) is 38.3 Å². The van der Waals surface area contributed by atoms with Crippen molar-refractivity contribution >= 4 is 17.5 Å². The molecule has 0 aromatic carbocycles. The second-order valence-corrected chi connectivity index (χ2v) is 7.21. The van der Waals surface area contributed by atoms with Gasteiger partial charge in [0.25, 0.3) is 0 Å². The molecule has 0 spiro atoms. The predicted octanol–water partition coefficient (Wildman–Crippen LogP) is 2.41. The number of aromatic nitrogens is 2. The molecule has 1 saturated carbocycles. The van der Waals surface area contributed by atoms with Crippen LogP contribution >= 0.6 is 0 Å². The van der Waals surface area contributed by atoms with Crippen LogP contribution in [0.4, 0.5) is 10.6 Å². The van der Waals surface area contributed by atoms with Crippen LogP contribution in [0.3, 0.4) is 0 Å². The van der Waals surface area contributed by atoms with Gasteiger partial charge >= 0.3 is 6.03 Å². The summed E-state index contributed by atoms with van der Waals surface area (Å²) in [6.45, 7) is 5.58. The van der Waals surface area contributed by atoms with Crippen LogP contribution in [0.15, 0.2) is 24.4 Å². The molecule has 2 aromatic heterocycles. The first-order valence-corrected chi connectivity index (χ1v) is 8.30. The van der Waals surface area contributed by atoms with Gasteiger partial charge in [-0.1, -0.05) is 19.9 Å². The summed E-state index contributed by atoms with van der Waals surface area (Å²) in [5, 5.41) is 3.07. The van der Waals surface area contributed by atoms with E-state index in [1.807, 2.05) is 33.7 Å². The predicted molar refractivity (Wildman–Crippen MR) is 89.5 cm³/mol. The van der Waals surface area contributed by atoms with E-state index in [1.165, 1.54) is 0 Å². The molecule has 6 nitrogen and oxygen atoms in total. The third-order valence-corrected chi connectivity index (χ3v) is 5.31. The summed E-state index contributed by atoms with van der Waals surface area (Å²) >= 11 is 0. The fourth-order valence-electron chi connectivity index (χ4n) is 3.76. The molecule has 3 N–H and O–H groups in total. The van der Waals surface area contributed by atoms with Gasteiger partial charge in [-0.05, 0) is 36.8 Å². The molecule has 122 valence electrons. The standard InChI is InChI=1S/C17H23N5O/c1-11(2)14-15(22-8-4-3-5-13(22)19-14)20-16(23)21-9-12-6-7-17(12,18)10-21/h3-5,8,11-12H,6-7,9-10,18H2,1-2H3,(H,20,23)/t12-,17-/m0/s1. The normalized spacial score (nSPS) is 26.4. The van der Waals surface area contributed by atoms with E-state index in [-0.39, 0.29) is 17.5 Å². The van der Waals surface area contributed by atoms with Crippen LogP contribution in [0, 0.1) is 5.92 Å². The summed E-state index contributed by atoms with van der Waals surface area (Å²) in [6, 6.07) is 5.78. The average molecular weight is 313 g/mol. The minimum Gasteiger partial charge on any atom is -0.323 e. The zero-order chi connectivity index (χ0) is 16.2. The number of rotatable bonds is 2. The smallest absolute Gasteiger partial charge is 0.323 e. The monoisotopic (exact) mass is 313 g/mol. The van der Waals surface area contributed by atoms with E-state index in [1.54, 1.807) is 0 Å². The van der Waals surface area contributed by atoms with E-state index in [9.17, 15) is 4.79 Å². The molecule has 2 fully saturated rings. The second kappa shape index (κ2) is 4.96. The van der Waals surface area contributed by atoms with Crippen molar-refractivity contribution in [3.05, 3.63) is 30.1 Å². The Labute approximate surface area is 135 Å². The molecule has 2 amide bonds. The molecule has 1 saturated heterocycles. The number of hydrogen-bond acceptors (Lipinski definition) is 3. The Morgan fingerprint density at radius 1 is 1.48 bits per heavy atom. The lowest BCUT2D eigenvalue weighted by atomic mass is 9.70. The maximum Gasteiger partial charge on any atom is 0.323 e. The third kappa shape index (κ3) is 2.20. The van der Waals surface area contributed by atoms with Crippen molar-refractivity contribution in [2.45, 2.75) is 38.1 Å². The van der Waals surface area contributed by atoms with Gasteiger partial charge in [0, 0.05) is 24.8 Å².